The first-order valence-electron chi connectivity index (χ1n) is 6.16. The second kappa shape index (κ2) is 9.11. The molecule has 0 bridgehead atoms. The van der Waals surface area contributed by atoms with Crippen molar-refractivity contribution < 1.29 is 19.4 Å². The fourth-order valence-corrected chi connectivity index (χ4v) is 2.28. The molecule has 0 fully saturated rings. The summed E-state index contributed by atoms with van der Waals surface area (Å²) >= 11 is 6.44. The summed E-state index contributed by atoms with van der Waals surface area (Å²) in [7, 11) is 1.17. The van der Waals surface area contributed by atoms with Crippen molar-refractivity contribution in [2.75, 3.05) is 7.11 Å². The number of urea groups is 1. The number of hydrogen-bond acceptors (Lipinski definition) is 5. The van der Waals surface area contributed by atoms with Gasteiger partial charge in [0.25, 0.3) is 0 Å². The second-order valence-electron chi connectivity index (χ2n) is 4.02. The molecule has 0 heterocycles. The number of halogens is 1. The molecular weight excluding hydrogens is 328 g/mol. The molecule has 118 valence electrons. The van der Waals surface area contributed by atoms with Crippen LogP contribution >= 0.6 is 23.4 Å². The smallest absolute Gasteiger partial charge is 0.348 e. The Balaban J connectivity index is 2.62. The third-order valence-electron chi connectivity index (χ3n) is 2.36. The van der Waals surface area contributed by atoms with Crippen LogP contribution in [0.25, 0.3) is 0 Å². The molecule has 0 aliphatic carbocycles. The SMILES string of the molecule is COC(=O)/C(S/C(Cl)=N\C(=O)NCc1ccccc1)=C(\C)O. The zero-order chi connectivity index (χ0) is 16.5. The number of thioether (sulfide) groups is 1. The van der Waals surface area contributed by atoms with E-state index in [2.05, 4.69) is 15.0 Å². The van der Waals surface area contributed by atoms with Gasteiger partial charge in [-0.2, -0.15) is 4.99 Å². The van der Waals surface area contributed by atoms with E-state index in [0.29, 0.717) is 18.3 Å². The molecule has 2 N–H and O–H groups in total. The van der Waals surface area contributed by atoms with Crippen molar-refractivity contribution >= 4 is 39.9 Å². The van der Waals surface area contributed by atoms with Crippen LogP contribution in [0.2, 0.25) is 0 Å². The number of nitrogens with one attached hydrogen (secondary N) is 1. The highest BCUT2D eigenvalue weighted by atomic mass is 35.5. The third kappa shape index (κ3) is 6.19. The summed E-state index contributed by atoms with van der Waals surface area (Å²) in [6.45, 7) is 1.61. The highest BCUT2D eigenvalue weighted by Crippen LogP contribution is 2.23. The van der Waals surface area contributed by atoms with Gasteiger partial charge in [0.1, 0.15) is 10.7 Å². The van der Waals surface area contributed by atoms with Crippen LogP contribution in [0, 0.1) is 0 Å². The number of benzene rings is 1. The third-order valence-corrected chi connectivity index (χ3v) is 3.60. The fraction of sp³-hybridized carbons (Fsp3) is 0.214. The summed E-state index contributed by atoms with van der Waals surface area (Å²) < 4.78 is 4.28. The molecular formula is C14H15ClN2O4S. The van der Waals surface area contributed by atoms with E-state index in [4.69, 9.17) is 11.6 Å². The minimum atomic E-state index is -0.761. The van der Waals surface area contributed by atoms with Crippen LogP contribution in [0.15, 0.2) is 46.0 Å². The van der Waals surface area contributed by atoms with Crippen molar-refractivity contribution in [3.8, 4) is 0 Å². The van der Waals surface area contributed by atoms with Gasteiger partial charge in [0.2, 0.25) is 0 Å². The van der Waals surface area contributed by atoms with Gasteiger partial charge >= 0.3 is 12.0 Å². The van der Waals surface area contributed by atoms with E-state index in [0.717, 1.165) is 5.56 Å². The molecule has 22 heavy (non-hydrogen) atoms. The first kappa shape index (κ1) is 18.1. The fourth-order valence-electron chi connectivity index (χ4n) is 1.36. The first-order chi connectivity index (χ1) is 10.4. The van der Waals surface area contributed by atoms with Crippen LogP contribution in [0.3, 0.4) is 0 Å². The Labute approximate surface area is 137 Å². The normalized spacial score (nSPS) is 12.4. The van der Waals surface area contributed by atoms with Crippen LogP contribution in [-0.4, -0.2) is 28.7 Å². The molecule has 1 rings (SSSR count). The maximum atomic E-state index is 11.6. The van der Waals surface area contributed by atoms with E-state index in [1.54, 1.807) is 0 Å². The second-order valence-corrected chi connectivity index (χ2v) is 5.60. The summed E-state index contributed by atoms with van der Waals surface area (Å²) in [6, 6.07) is 8.63. The minimum absolute atomic E-state index is 0.132. The topological polar surface area (TPSA) is 88.0 Å². The Hall–Kier alpha value is -1.99. The average Bonchev–Trinajstić information content (AvgIpc) is 2.50. The number of rotatable bonds is 4. The Morgan fingerprint density at radius 1 is 1.36 bits per heavy atom. The van der Waals surface area contributed by atoms with Gasteiger partial charge in [-0.1, -0.05) is 41.9 Å². The van der Waals surface area contributed by atoms with Crippen molar-refractivity contribution in [1.29, 1.82) is 0 Å². The molecule has 6 nitrogen and oxygen atoms in total. The maximum Gasteiger partial charge on any atom is 0.348 e. The number of allylic oxidation sites excluding steroid dienone is 1. The quantitative estimate of drug-likeness (QED) is 0.288. The number of aliphatic imine (C=N–C) groups is 1. The van der Waals surface area contributed by atoms with E-state index in [-0.39, 0.29) is 15.2 Å². The van der Waals surface area contributed by atoms with Gasteiger partial charge < -0.3 is 15.2 Å². The zero-order valence-electron chi connectivity index (χ0n) is 12.0. The van der Waals surface area contributed by atoms with Crippen molar-refractivity contribution in [3.63, 3.8) is 0 Å². The molecule has 1 aromatic carbocycles. The van der Waals surface area contributed by atoms with Gasteiger partial charge in [-0.15, -0.1) is 0 Å². The number of nitrogens with zero attached hydrogens (tertiary/aromatic N) is 1. The predicted molar refractivity (Wildman–Crippen MR) is 86.9 cm³/mol. The average molecular weight is 343 g/mol. The molecule has 0 aliphatic heterocycles. The monoisotopic (exact) mass is 342 g/mol. The van der Waals surface area contributed by atoms with Crippen LogP contribution in [0.1, 0.15) is 12.5 Å². The Kier molecular flexibility index (Phi) is 7.48. The lowest BCUT2D eigenvalue weighted by Crippen LogP contribution is -2.19. The number of esters is 1. The van der Waals surface area contributed by atoms with E-state index in [1.807, 2.05) is 30.3 Å². The van der Waals surface area contributed by atoms with Crippen molar-refractivity contribution in [3.05, 3.63) is 46.6 Å². The van der Waals surface area contributed by atoms with E-state index >= 15 is 0 Å². The number of hydrogen-bond donors (Lipinski definition) is 2. The standard InChI is InChI=1S/C14H15ClN2O4S/c1-9(18)11(12(19)21-2)22-13(15)17-14(20)16-8-10-6-4-3-5-7-10/h3-7,18H,8H2,1-2H3,(H,16,20)/b11-9-,17-13-. The Morgan fingerprint density at radius 3 is 2.55 bits per heavy atom. The van der Waals surface area contributed by atoms with Crippen molar-refractivity contribution in [2.24, 2.45) is 4.99 Å². The molecule has 0 saturated heterocycles. The molecule has 0 saturated carbocycles. The molecule has 1 aromatic rings. The van der Waals surface area contributed by atoms with Gasteiger partial charge in [0, 0.05) is 6.54 Å². The van der Waals surface area contributed by atoms with Gasteiger partial charge in [0.15, 0.2) is 4.50 Å². The molecule has 0 aliphatic rings. The van der Waals surface area contributed by atoms with Crippen LogP contribution in [0.5, 0.6) is 0 Å². The number of carbonyl (C=O) groups is 2. The molecule has 0 radical (unpaired) electrons. The molecule has 0 atom stereocenters. The lowest BCUT2D eigenvalue weighted by molar-refractivity contribution is -0.135. The molecule has 8 heteroatoms. The van der Waals surface area contributed by atoms with Crippen molar-refractivity contribution in [1.82, 2.24) is 5.32 Å². The molecule has 0 unspecified atom stereocenters. The summed E-state index contributed by atoms with van der Waals surface area (Å²) in [5.74, 6) is -1.03. The van der Waals surface area contributed by atoms with Gasteiger partial charge in [0.05, 0.1) is 7.11 Å². The lowest BCUT2D eigenvalue weighted by atomic mass is 10.2. The van der Waals surface area contributed by atoms with Crippen LogP contribution in [-0.2, 0) is 16.1 Å². The number of aliphatic hydroxyl groups excluding tert-OH is 1. The molecule has 0 spiro atoms. The van der Waals surface area contributed by atoms with Crippen molar-refractivity contribution in [2.45, 2.75) is 13.5 Å². The van der Waals surface area contributed by atoms with Crippen LogP contribution < -0.4 is 5.32 Å². The Bertz CT molecular complexity index is 598. The molecule has 0 aromatic heterocycles. The van der Waals surface area contributed by atoms with Gasteiger partial charge in [-0.3, -0.25) is 0 Å². The Morgan fingerprint density at radius 2 is 2.00 bits per heavy atom. The summed E-state index contributed by atoms with van der Waals surface area (Å²) in [4.78, 5) is 26.5. The largest absolute Gasteiger partial charge is 0.511 e. The number of amides is 2. The first-order valence-corrected chi connectivity index (χ1v) is 7.35. The zero-order valence-corrected chi connectivity index (χ0v) is 13.6. The number of aliphatic hydroxyl groups is 1. The summed E-state index contributed by atoms with van der Waals surface area (Å²) in [6.07, 6.45) is 0. The minimum Gasteiger partial charge on any atom is -0.511 e. The van der Waals surface area contributed by atoms with E-state index in [1.165, 1.54) is 14.0 Å². The van der Waals surface area contributed by atoms with E-state index in [9.17, 15) is 14.7 Å². The predicted octanol–water partition coefficient (Wildman–Crippen LogP) is 3.19. The van der Waals surface area contributed by atoms with Crippen LogP contribution in [0.4, 0.5) is 4.79 Å². The number of ether oxygens (including phenoxy) is 1. The highest BCUT2D eigenvalue weighted by molar-refractivity contribution is 8.20. The van der Waals surface area contributed by atoms with Gasteiger partial charge in [-0.25, -0.2) is 9.59 Å². The summed E-state index contributed by atoms with van der Waals surface area (Å²) in [5.41, 5.74) is 0.913. The highest BCUT2D eigenvalue weighted by Gasteiger charge is 2.17. The maximum absolute atomic E-state index is 11.6. The van der Waals surface area contributed by atoms with Gasteiger partial charge in [-0.05, 0) is 24.2 Å². The van der Waals surface area contributed by atoms with E-state index < -0.39 is 12.0 Å². The lowest BCUT2D eigenvalue weighted by Gasteiger charge is -2.05. The number of carbonyl (C=O) groups excluding carboxylic acids is 2. The number of methoxy groups -OCH3 is 1. The molecule has 2 amide bonds. The summed E-state index contributed by atoms with van der Waals surface area (Å²) in [5, 5.41) is 11.9.